The number of halogens is 2. The van der Waals surface area contributed by atoms with E-state index in [9.17, 15) is 14.9 Å². The first-order chi connectivity index (χ1) is 17.3. The second-order valence-corrected chi connectivity index (χ2v) is 8.22. The minimum Gasteiger partial charge on any atom is -0.493 e. The molecule has 9 heteroatoms. The summed E-state index contributed by atoms with van der Waals surface area (Å²) in [5, 5.41) is 13.0. The molecule has 3 rings (SSSR count). The van der Waals surface area contributed by atoms with Gasteiger partial charge in [0.2, 0.25) is 0 Å². The minimum atomic E-state index is -0.627. The topological polar surface area (TPSA) is 97.7 Å². The molecule has 0 spiro atoms. The van der Waals surface area contributed by atoms with E-state index in [1.807, 2.05) is 18.2 Å². The van der Waals surface area contributed by atoms with Crippen LogP contribution in [-0.2, 0) is 16.1 Å². The van der Waals surface area contributed by atoms with Gasteiger partial charge in [-0.25, -0.2) is 4.79 Å². The quantitative estimate of drug-likeness (QED) is 0.200. The maximum absolute atomic E-state index is 12.7. The summed E-state index contributed by atoms with van der Waals surface area (Å²) in [5.74, 6) is -0.430. The highest BCUT2D eigenvalue weighted by Crippen LogP contribution is 2.37. The number of ether oxygens (including phenoxy) is 3. The molecule has 3 aromatic carbocycles. The van der Waals surface area contributed by atoms with Gasteiger partial charge >= 0.3 is 5.97 Å². The van der Waals surface area contributed by atoms with Crippen LogP contribution in [0.25, 0.3) is 6.08 Å². The molecular formula is C27H22Cl2N2O5. The molecule has 0 aliphatic rings. The summed E-state index contributed by atoms with van der Waals surface area (Å²) in [7, 11) is 1.46. The Kier molecular flexibility index (Phi) is 9.34. The van der Waals surface area contributed by atoms with Gasteiger partial charge in [-0.05, 0) is 72.7 Å². The normalized spacial score (nSPS) is 10.8. The molecule has 0 aromatic heterocycles. The van der Waals surface area contributed by atoms with Crippen molar-refractivity contribution in [2.24, 2.45) is 0 Å². The number of esters is 1. The average molecular weight is 525 g/mol. The van der Waals surface area contributed by atoms with E-state index in [1.165, 1.54) is 25.3 Å². The molecule has 0 aliphatic heterocycles. The summed E-state index contributed by atoms with van der Waals surface area (Å²) in [4.78, 5) is 24.4. The average Bonchev–Trinajstić information content (AvgIpc) is 2.86. The van der Waals surface area contributed by atoms with Crippen molar-refractivity contribution in [1.82, 2.24) is 0 Å². The van der Waals surface area contributed by atoms with Crippen molar-refractivity contribution in [3.05, 3.63) is 93.0 Å². The van der Waals surface area contributed by atoms with Crippen molar-refractivity contribution in [3.63, 3.8) is 0 Å². The Morgan fingerprint density at radius 2 is 1.83 bits per heavy atom. The summed E-state index contributed by atoms with van der Waals surface area (Å²) in [6.45, 7) is 2.19. The van der Waals surface area contributed by atoms with E-state index in [0.717, 1.165) is 5.56 Å². The number of nitrogens with zero attached hydrogens (tertiary/aromatic N) is 1. The second kappa shape index (κ2) is 12.6. The number of methoxy groups -OCH3 is 1. The summed E-state index contributed by atoms with van der Waals surface area (Å²) in [6, 6.07) is 18.4. The van der Waals surface area contributed by atoms with Crippen LogP contribution in [0.15, 0.2) is 66.2 Å². The molecule has 3 aromatic rings. The van der Waals surface area contributed by atoms with Gasteiger partial charge in [0.1, 0.15) is 18.2 Å². The van der Waals surface area contributed by atoms with Gasteiger partial charge in [0.15, 0.2) is 11.5 Å². The van der Waals surface area contributed by atoms with Crippen LogP contribution in [0.2, 0.25) is 10.0 Å². The predicted molar refractivity (Wildman–Crippen MR) is 138 cm³/mol. The van der Waals surface area contributed by atoms with Gasteiger partial charge in [0.25, 0.3) is 5.91 Å². The predicted octanol–water partition coefficient (Wildman–Crippen LogP) is 6.30. The molecule has 0 heterocycles. The van der Waals surface area contributed by atoms with E-state index in [0.29, 0.717) is 33.3 Å². The van der Waals surface area contributed by atoms with Crippen molar-refractivity contribution in [2.45, 2.75) is 13.5 Å². The molecule has 0 saturated heterocycles. The number of hydrogen-bond donors (Lipinski definition) is 1. The van der Waals surface area contributed by atoms with Gasteiger partial charge in [0.05, 0.1) is 24.3 Å². The molecule has 0 fully saturated rings. The van der Waals surface area contributed by atoms with Crippen LogP contribution in [0.5, 0.6) is 11.5 Å². The number of nitrogens with one attached hydrogen (secondary N) is 1. The fourth-order valence-corrected chi connectivity index (χ4v) is 3.65. The third kappa shape index (κ3) is 7.01. The fraction of sp³-hybridized carbons (Fsp3) is 0.148. The summed E-state index contributed by atoms with van der Waals surface area (Å²) < 4.78 is 16.2. The smallest absolute Gasteiger partial charge is 0.338 e. The molecule has 184 valence electrons. The maximum atomic E-state index is 12.7. The highest BCUT2D eigenvalue weighted by atomic mass is 35.5. The lowest BCUT2D eigenvalue weighted by atomic mass is 10.1. The Morgan fingerprint density at radius 3 is 2.47 bits per heavy atom. The Morgan fingerprint density at radius 1 is 1.08 bits per heavy atom. The highest BCUT2D eigenvalue weighted by molar-refractivity contribution is 6.32. The van der Waals surface area contributed by atoms with Crippen LogP contribution in [0.1, 0.15) is 28.4 Å². The first-order valence-electron chi connectivity index (χ1n) is 10.8. The van der Waals surface area contributed by atoms with E-state index < -0.39 is 11.9 Å². The fourth-order valence-electron chi connectivity index (χ4n) is 3.16. The van der Waals surface area contributed by atoms with Crippen LogP contribution in [0, 0.1) is 11.3 Å². The van der Waals surface area contributed by atoms with Crippen molar-refractivity contribution >= 4 is 46.8 Å². The number of amides is 1. The monoisotopic (exact) mass is 524 g/mol. The van der Waals surface area contributed by atoms with Crippen LogP contribution in [-0.4, -0.2) is 25.6 Å². The number of nitriles is 1. The molecule has 36 heavy (non-hydrogen) atoms. The molecule has 0 saturated carbocycles. The van der Waals surface area contributed by atoms with Crippen LogP contribution >= 0.6 is 23.2 Å². The van der Waals surface area contributed by atoms with E-state index in [-0.39, 0.29) is 23.8 Å². The molecule has 1 N–H and O–H groups in total. The van der Waals surface area contributed by atoms with Crippen molar-refractivity contribution < 1.29 is 23.8 Å². The molecule has 1 amide bonds. The second-order valence-electron chi connectivity index (χ2n) is 7.37. The SMILES string of the molecule is CCOC(=O)c1ccc(NC(=O)/C(C#N)=C/c2cc(Cl)c(OCc3cccc(Cl)c3)c(OC)c2)cc1. The number of carbonyl (C=O) groups excluding carboxylic acids is 2. The zero-order chi connectivity index (χ0) is 26.1. The Balaban J connectivity index is 1.76. The van der Waals surface area contributed by atoms with Gasteiger partial charge in [-0.2, -0.15) is 5.26 Å². The first kappa shape index (κ1) is 26.6. The number of anilines is 1. The van der Waals surface area contributed by atoms with Crippen LogP contribution in [0.3, 0.4) is 0 Å². The van der Waals surface area contributed by atoms with E-state index >= 15 is 0 Å². The minimum absolute atomic E-state index is 0.157. The largest absolute Gasteiger partial charge is 0.493 e. The van der Waals surface area contributed by atoms with Gasteiger partial charge in [-0.15, -0.1) is 0 Å². The zero-order valence-electron chi connectivity index (χ0n) is 19.5. The van der Waals surface area contributed by atoms with Gasteiger partial charge in [-0.3, -0.25) is 4.79 Å². The number of carbonyl (C=O) groups is 2. The molecule has 7 nitrogen and oxygen atoms in total. The van der Waals surface area contributed by atoms with Gasteiger partial charge < -0.3 is 19.5 Å². The summed E-state index contributed by atoms with van der Waals surface area (Å²) in [6.07, 6.45) is 1.39. The van der Waals surface area contributed by atoms with E-state index in [1.54, 1.807) is 43.3 Å². The molecule has 0 bridgehead atoms. The Bertz CT molecular complexity index is 1330. The van der Waals surface area contributed by atoms with Gasteiger partial charge in [0, 0.05) is 10.7 Å². The molecule has 0 unspecified atom stereocenters. The molecule has 0 aliphatic carbocycles. The standard InChI is InChI=1S/C27H22Cl2N2O5/c1-3-35-27(33)19-7-9-22(10-8-19)31-26(32)20(15-30)11-18-13-23(29)25(24(14-18)34-2)36-16-17-5-4-6-21(28)12-17/h4-14H,3,16H2,1-2H3,(H,31,32)/b20-11+. The summed E-state index contributed by atoms with van der Waals surface area (Å²) >= 11 is 12.4. The third-order valence-electron chi connectivity index (χ3n) is 4.85. The number of benzene rings is 3. The van der Waals surface area contributed by atoms with Crippen LogP contribution < -0.4 is 14.8 Å². The number of rotatable bonds is 9. The van der Waals surface area contributed by atoms with Crippen molar-refractivity contribution in [1.29, 1.82) is 5.26 Å². The molecule has 0 radical (unpaired) electrons. The lowest BCUT2D eigenvalue weighted by molar-refractivity contribution is -0.112. The Hall–Kier alpha value is -3.99. The van der Waals surface area contributed by atoms with E-state index in [2.05, 4.69) is 5.32 Å². The molecular weight excluding hydrogens is 503 g/mol. The van der Waals surface area contributed by atoms with E-state index in [4.69, 9.17) is 37.4 Å². The molecule has 0 atom stereocenters. The summed E-state index contributed by atoms with van der Waals surface area (Å²) in [5.41, 5.74) is 1.93. The first-order valence-corrected chi connectivity index (χ1v) is 11.5. The van der Waals surface area contributed by atoms with Gasteiger partial charge in [-0.1, -0.05) is 35.3 Å². The van der Waals surface area contributed by atoms with Crippen LogP contribution in [0.4, 0.5) is 5.69 Å². The zero-order valence-corrected chi connectivity index (χ0v) is 21.0. The Labute approximate surface area is 218 Å². The highest BCUT2D eigenvalue weighted by Gasteiger charge is 2.15. The third-order valence-corrected chi connectivity index (χ3v) is 5.37. The van der Waals surface area contributed by atoms with Crippen molar-refractivity contribution in [3.8, 4) is 17.6 Å². The maximum Gasteiger partial charge on any atom is 0.338 e. The number of hydrogen-bond acceptors (Lipinski definition) is 6. The lowest BCUT2D eigenvalue weighted by Crippen LogP contribution is -2.13. The van der Waals surface area contributed by atoms with Crippen molar-refractivity contribution in [2.75, 3.05) is 19.0 Å². The lowest BCUT2D eigenvalue weighted by Gasteiger charge is -2.14.